The molecule has 3 heterocycles. The zero-order valence-corrected chi connectivity index (χ0v) is 18.7. The largest absolute Gasteiger partial charge is 0.573 e. The maximum absolute atomic E-state index is 13.1. The van der Waals surface area contributed by atoms with Gasteiger partial charge in [0.25, 0.3) is 5.91 Å². The Morgan fingerprint density at radius 1 is 1.15 bits per heavy atom. The molecule has 0 bridgehead atoms. The molecule has 1 amide bonds. The van der Waals surface area contributed by atoms with Gasteiger partial charge in [0.05, 0.1) is 18.2 Å². The Balaban J connectivity index is 1.24. The molecule has 10 heteroatoms. The Labute approximate surface area is 195 Å². The van der Waals surface area contributed by atoms with Crippen LogP contribution < -0.4 is 10.1 Å². The third-order valence-corrected chi connectivity index (χ3v) is 6.72. The minimum absolute atomic E-state index is 0.0969. The van der Waals surface area contributed by atoms with Crippen LogP contribution in [0.3, 0.4) is 0 Å². The Morgan fingerprint density at radius 3 is 2.68 bits per heavy atom. The van der Waals surface area contributed by atoms with Crippen molar-refractivity contribution in [1.29, 1.82) is 0 Å². The second-order valence-corrected chi connectivity index (χ2v) is 9.21. The lowest BCUT2D eigenvalue weighted by Crippen LogP contribution is -2.52. The van der Waals surface area contributed by atoms with Crippen molar-refractivity contribution < 1.29 is 27.4 Å². The molecule has 1 saturated carbocycles. The molecule has 3 fully saturated rings. The average molecular weight is 476 g/mol. The fourth-order valence-corrected chi connectivity index (χ4v) is 4.90. The highest BCUT2D eigenvalue weighted by Gasteiger charge is 2.37. The van der Waals surface area contributed by atoms with Crippen LogP contribution in [-0.2, 0) is 11.3 Å². The van der Waals surface area contributed by atoms with Crippen LogP contribution in [0.25, 0.3) is 0 Å². The number of hydrogen-bond donors (Lipinski definition) is 1. The van der Waals surface area contributed by atoms with E-state index in [1.165, 1.54) is 24.5 Å². The van der Waals surface area contributed by atoms with E-state index < -0.39 is 6.36 Å². The third kappa shape index (κ3) is 5.43. The molecule has 7 nitrogen and oxygen atoms in total. The van der Waals surface area contributed by atoms with Gasteiger partial charge >= 0.3 is 6.36 Å². The van der Waals surface area contributed by atoms with Gasteiger partial charge in [-0.1, -0.05) is 6.07 Å². The topological polar surface area (TPSA) is 76.6 Å². The molecule has 1 N–H and O–H groups in total. The normalized spacial score (nSPS) is 22.7. The zero-order valence-electron chi connectivity index (χ0n) is 18.7. The molecule has 2 atom stereocenters. The number of piperidine rings is 1. The first-order valence-corrected chi connectivity index (χ1v) is 11.7. The summed E-state index contributed by atoms with van der Waals surface area (Å²) in [6.45, 7) is 2.25. The number of rotatable bonds is 6. The standard InChI is InChI=1S/C24H27F3N4O3/c25-24(26,27)34-20-9-15(8-18(10-20)16-3-4-16)11-28-23-29-12-19(13-30-23)22(32)31-6-1-2-17-5-7-33-14-21(17)31/h8-10,12-13,16-17,21H,1-7,11,14H2,(H,28,29,30). The van der Waals surface area contributed by atoms with E-state index >= 15 is 0 Å². The van der Waals surface area contributed by atoms with Crippen LogP contribution in [0, 0.1) is 5.92 Å². The molecule has 1 aromatic carbocycles. The minimum atomic E-state index is -4.74. The van der Waals surface area contributed by atoms with Crippen molar-refractivity contribution in [1.82, 2.24) is 14.9 Å². The zero-order chi connectivity index (χ0) is 23.7. The third-order valence-electron chi connectivity index (χ3n) is 6.72. The second kappa shape index (κ2) is 9.40. The number of nitrogens with zero attached hydrogens (tertiary/aromatic N) is 3. The lowest BCUT2D eigenvalue weighted by atomic mass is 9.85. The van der Waals surface area contributed by atoms with Crippen LogP contribution in [-0.4, -0.2) is 52.9 Å². The fourth-order valence-electron chi connectivity index (χ4n) is 4.90. The number of nitrogens with one attached hydrogen (secondary N) is 1. The number of halogens is 3. The summed E-state index contributed by atoms with van der Waals surface area (Å²) in [6, 6.07) is 4.79. The molecular weight excluding hydrogens is 449 g/mol. The number of benzene rings is 1. The van der Waals surface area contributed by atoms with Crippen molar-refractivity contribution in [3.05, 3.63) is 47.3 Å². The van der Waals surface area contributed by atoms with E-state index in [9.17, 15) is 18.0 Å². The number of likely N-dealkylation sites (tertiary alicyclic amines) is 1. The first-order chi connectivity index (χ1) is 16.4. The van der Waals surface area contributed by atoms with Crippen LogP contribution >= 0.6 is 0 Å². The quantitative estimate of drug-likeness (QED) is 0.662. The van der Waals surface area contributed by atoms with Crippen LogP contribution in [0.15, 0.2) is 30.6 Å². The molecule has 2 unspecified atom stereocenters. The summed E-state index contributed by atoms with van der Waals surface area (Å²) < 4.78 is 47.9. The molecular formula is C24H27F3N4O3. The minimum Gasteiger partial charge on any atom is -0.406 e. The van der Waals surface area contributed by atoms with Gasteiger partial charge in [0, 0.05) is 32.1 Å². The second-order valence-electron chi connectivity index (χ2n) is 9.21. The van der Waals surface area contributed by atoms with Crippen molar-refractivity contribution >= 4 is 11.9 Å². The van der Waals surface area contributed by atoms with Gasteiger partial charge in [0.1, 0.15) is 5.75 Å². The summed E-state index contributed by atoms with van der Waals surface area (Å²) in [5.41, 5.74) is 1.89. The van der Waals surface area contributed by atoms with E-state index in [0.717, 1.165) is 44.3 Å². The number of fused-ring (bicyclic) bond motifs is 1. The predicted molar refractivity (Wildman–Crippen MR) is 117 cm³/mol. The number of aromatic nitrogens is 2. The Hall–Kier alpha value is -2.88. The summed E-state index contributed by atoms with van der Waals surface area (Å²) in [6.07, 6.45) is 3.25. The van der Waals surface area contributed by atoms with Crippen molar-refractivity contribution in [3.63, 3.8) is 0 Å². The molecule has 2 aliphatic heterocycles. The summed E-state index contributed by atoms with van der Waals surface area (Å²) >= 11 is 0. The van der Waals surface area contributed by atoms with E-state index in [-0.39, 0.29) is 30.2 Å². The highest BCUT2D eigenvalue weighted by molar-refractivity contribution is 5.94. The molecule has 2 saturated heterocycles. The maximum Gasteiger partial charge on any atom is 0.573 e. The predicted octanol–water partition coefficient (Wildman–Crippen LogP) is 4.51. The summed E-state index contributed by atoms with van der Waals surface area (Å²) in [4.78, 5) is 23.5. The SMILES string of the molecule is O=C(c1cnc(NCc2cc(OC(F)(F)F)cc(C3CC3)c2)nc1)N1CCCC2CCOCC21. The van der Waals surface area contributed by atoms with Crippen LogP contribution in [0.2, 0.25) is 0 Å². The highest BCUT2D eigenvalue weighted by Crippen LogP contribution is 2.42. The number of ether oxygens (including phenoxy) is 2. The lowest BCUT2D eigenvalue weighted by Gasteiger charge is -2.43. The molecule has 0 spiro atoms. The Bertz CT molecular complexity index is 1030. The summed E-state index contributed by atoms with van der Waals surface area (Å²) in [7, 11) is 0. The van der Waals surface area contributed by atoms with Gasteiger partial charge in [-0.2, -0.15) is 0 Å². The molecule has 1 aromatic heterocycles. The van der Waals surface area contributed by atoms with E-state index in [1.807, 2.05) is 11.0 Å². The van der Waals surface area contributed by atoms with Gasteiger partial charge in [-0.3, -0.25) is 4.79 Å². The van der Waals surface area contributed by atoms with Gasteiger partial charge in [-0.25, -0.2) is 9.97 Å². The first kappa shape index (κ1) is 22.9. The van der Waals surface area contributed by atoms with Crippen molar-refractivity contribution in [2.45, 2.75) is 57.0 Å². The van der Waals surface area contributed by atoms with Gasteiger partial charge in [-0.15, -0.1) is 13.2 Å². The van der Waals surface area contributed by atoms with Crippen LogP contribution in [0.5, 0.6) is 5.75 Å². The van der Waals surface area contributed by atoms with Gasteiger partial charge in [0.2, 0.25) is 5.95 Å². The molecule has 5 rings (SSSR count). The van der Waals surface area contributed by atoms with E-state index in [1.54, 1.807) is 0 Å². The number of carbonyl (C=O) groups is 1. The molecule has 2 aromatic rings. The number of alkyl halides is 3. The number of amides is 1. The molecule has 182 valence electrons. The van der Waals surface area contributed by atoms with Crippen LogP contribution in [0.1, 0.15) is 59.5 Å². The van der Waals surface area contributed by atoms with Gasteiger partial charge in [-0.05, 0) is 67.2 Å². The summed E-state index contributed by atoms with van der Waals surface area (Å²) in [5.74, 6) is 0.732. The van der Waals surface area contributed by atoms with Gasteiger partial charge in [0.15, 0.2) is 0 Å². The van der Waals surface area contributed by atoms with Crippen molar-refractivity contribution in [3.8, 4) is 5.75 Å². The molecule has 34 heavy (non-hydrogen) atoms. The smallest absolute Gasteiger partial charge is 0.406 e. The van der Waals surface area contributed by atoms with E-state index in [4.69, 9.17) is 4.74 Å². The number of carbonyl (C=O) groups excluding carboxylic acids is 1. The first-order valence-electron chi connectivity index (χ1n) is 11.7. The van der Waals surface area contributed by atoms with Crippen LogP contribution in [0.4, 0.5) is 19.1 Å². The number of anilines is 1. The van der Waals surface area contributed by atoms with Crippen molar-refractivity contribution in [2.75, 3.05) is 25.1 Å². The van der Waals surface area contributed by atoms with E-state index in [0.29, 0.717) is 36.1 Å². The highest BCUT2D eigenvalue weighted by atomic mass is 19.4. The average Bonchev–Trinajstić information content (AvgIpc) is 3.67. The molecule has 1 aliphatic carbocycles. The van der Waals surface area contributed by atoms with Gasteiger partial charge < -0.3 is 19.7 Å². The van der Waals surface area contributed by atoms with Crippen molar-refractivity contribution in [2.24, 2.45) is 5.92 Å². The molecule has 0 radical (unpaired) electrons. The Morgan fingerprint density at radius 2 is 1.94 bits per heavy atom. The molecule has 3 aliphatic rings. The number of hydrogen-bond acceptors (Lipinski definition) is 6. The van der Waals surface area contributed by atoms with E-state index in [2.05, 4.69) is 20.0 Å². The Kier molecular flexibility index (Phi) is 6.33. The lowest BCUT2D eigenvalue weighted by molar-refractivity contribution is -0.274. The summed E-state index contributed by atoms with van der Waals surface area (Å²) in [5, 5.41) is 3.02. The maximum atomic E-state index is 13.1. The monoisotopic (exact) mass is 476 g/mol. The fraction of sp³-hybridized carbons (Fsp3) is 0.542.